The molecule has 1 aromatic rings. The second kappa shape index (κ2) is 3.18. The molecule has 1 rings (SSSR count). The number of non-ortho nitro benzene ring substituents is 2. The van der Waals surface area contributed by atoms with Gasteiger partial charge in [-0.25, -0.2) is 0 Å². The quantitative estimate of drug-likeness (QED) is 0.515. The lowest BCUT2D eigenvalue weighted by molar-refractivity contribution is -0.394. The van der Waals surface area contributed by atoms with E-state index in [9.17, 15) is 20.2 Å². The van der Waals surface area contributed by atoms with Crippen LogP contribution in [0.25, 0.3) is 0 Å². The van der Waals surface area contributed by atoms with Crippen LogP contribution in [0.3, 0.4) is 0 Å². The highest BCUT2D eigenvalue weighted by Gasteiger charge is 2.14. The van der Waals surface area contributed by atoms with Crippen molar-refractivity contribution in [2.24, 2.45) is 0 Å². The van der Waals surface area contributed by atoms with Gasteiger partial charge in [0.1, 0.15) is 0 Å². The van der Waals surface area contributed by atoms with Crippen LogP contribution in [-0.2, 0) is 0 Å². The minimum absolute atomic E-state index is 0.258. The third-order valence-corrected chi connectivity index (χ3v) is 1.47. The molecular weight excluding hydrogens is 176 g/mol. The Morgan fingerprint density at radius 2 is 1.38 bits per heavy atom. The minimum Gasteiger partial charge on any atom is -0.258 e. The first-order valence-corrected chi connectivity index (χ1v) is 3.41. The van der Waals surface area contributed by atoms with Crippen molar-refractivity contribution in [3.63, 3.8) is 0 Å². The summed E-state index contributed by atoms with van der Waals surface area (Å²) in [6.07, 6.45) is 0. The van der Waals surface area contributed by atoms with Crippen molar-refractivity contribution < 1.29 is 9.85 Å². The Hall–Kier alpha value is -1.98. The fraction of sp³-hybridized carbons (Fsp3) is 0.143. The fourth-order valence-electron chi connectivity index (χ4n) is 0.954. The summed E-state index contributed by atoms with van der Waals surface area (Å²) >= 11 is 0. The molecule has 13 heavy (non-hydrogen) atoms. The predicted molar refractivity (Wildman–Crippen MR) is 44.5 cm³/mol. The zero-order chi connectivity index (χ0) is 10.0. The minimum atomic E-state index is -0.653. The van der Waals surface area contributed by atoms with Crippen LogP contribution >= 0.6 is 0 Å². The van der Waals surface area contributed by atoms with E-state index in [0.717, 1.165) is 6.07 Å². The van der Waals surface area contributed by atoms with Crippen LogP contribution in [0.4, 0.5) is 11.4 Å². The summed E-state index contributed by atoms with van der Waals surface area (Å²) in [5.41, 5.74) is -0.0145. The molecule has 0 unspecified atom stereocenters. The van der Waals surface area contributed by atoms with Gasteiger partial charge in [-0.2, -0.15) is 0 Å². The molecule has 6 heteroatoms. The highest BCUT2D eigenvalue weighted by Crippen LogP contribution is 2.21. The normalized spacial score (nSPS) is 9.62. The molecule has 0 fully saturated rings. The van der Waals surface area contributed by atoms with Gasteiger partial charge in [-0.05, 0) is 12.5 Å². The van der Waals surface area contributed by atoms with E-state index in [1.54, 1.807) is 6.92 Å². The third kappa shape index (κ3) is 1.98. The average Bonchev–Trinajstić information content (AvgIpc) is 2.03. The molecule has 0 atom stereocenters. The monoisotopic (exact) mass is 182 g/mol. The first-order chi connectivity index (χ1) is 6.00. The number of nitro groups is 2. The molecule has 6 nitrogen and oxygen atoms in total. The molecule has 0 saturated carbocycles. The van der Waals surface area contributed by atoms with Crippen LogP contribution in [-0.4, -0.2) is 9.85 Å². The van der Waals surface area contributed by atoms with Crippen molar-refractivity contribution >= 4 is 11.4 Å². The van der Waals surface area contributed by atoms with Crippen LogP contribution in [0, 0.1) is 27.2 Å². The Morgan fingerprint density at radius 1 is 1.00 bits per heavy atom. The zero-order valence-electron chi connectivity index (χ0n) is 6.76. The Kier molecular flexibility index (Phi) is 2.23. The number of benzene rings is 1. The van der Waals surface area contributed by atoms with Crippen LogP contribution < -0.4 is 0 Å². The second-order valence-corrected chi connectivity index (χ2v) is 2.54. The standard InChI is InChI=1S/C7H6N2O4/c1-5-2-6(8(10)11)4-7(3-5)9(12)13/h2-4H,1H3. The average molecular weight is 182 g/mol. The number of nitrogens with zero attached hydrogens (tertiary/aromatic N) is 2. The smallest absolute Gasteiger partial charge is 0.258 e. The van der Waals surface area contributed by atoms with E-state index in [-0.39, 0.29) is 11.4 Å². The van der Waals surface area contributed by atoms with E-state index in [1.807, 2.05) is 0 Å². The van der Waals surface area contributed by atoms with Gasteiger partial charge < -0.3 is 0 Å². The lowest BCUT2D eigenvalue weighted by Crippen LogP contribution is -1.93. The molecule has 0 aromatic heterocycles. The molecule has 0 radical (unpaired) electrons. The van der Waals surface area contributed by atoms with E-state index in [2.05, 4.69) is 0 Å². The van der Waals surface area contributed by atoms with Crippen molar-refractivity contribution in [3.05, 3.63) is 44.0 Å². The van der Waals surface area contributed by atoms with E-state index in [1.165, 1.54) is 12.1 Å². The Morgan fingerprint density at radius 3 is 1.69 bits per heavy atom. The van der Waals surface area contributed by atoms with Gasteiger partial charge in [-0.1, -0.05) is 0 Å². The topological polar surface area (TPSA) is 86.3 Å². The predicted octanol–water partition coefficient (Wildman–Crippen LogP) is 1.81. The summed E-state index contributed by atoms with van der Waals surface area (Å²) in [6, 6.07) is 3.51. The third-order valence-electron chi connectivity index (χ3n) is 1.47. The van der Waals surface area contributed by atoms with Gasteiger partial charge in [-0.3, -0.25) is 20.2 Å². The number of nitro benzene ring substituents is 2. The van der Waals surface area contributed by atoms with Crippen molar-refractivity contribution in [2.45, 2.75) is 6.92 Å². The maximum Gasteiger partial charge on any atom is 0.276 e. The second-order valence-electron chi connectivity index (χ2n) is 2.54. The van der Waals surface area contributed by atoms with Crippen molar-refractivity contribution in [1.82, 2.24) is 0 Å². The van der Waals surface area contributed by atoms with E-state index >= 15 is 0 Å². The molecule has 0 N–H and O–H groups in total. The Balaban J connectivity index is 3.26. The number of aryl methyl sites for hydroxylation is 1. The van der Waals surface area contributed by atoms with Crippen LogP contribution in [0.1, 0.15) is 5.56 Å². The van der Waals surface area contributed by atoms with Crippen molar-refractivity contribution in [1.29, 1.82) is 0 Å². The van der Waals surface area contributed by atoms with Crippen LogP contribution in [0.2, 0.25) is 0 Å². The molecule has 0 aliphatic rings. The molecule has 0 spiro atoms. The molecule has 0 amide bonds. The summed E-state index contributed by atoms with van der Waals surface area (Å²) in [5.74, 6) is 0. The summed E-state index contributed by atoms with van der Waals surface area (Å²) in [4.78, 5) is 19.3. The Bertz CT molecular complexity index is 343. The molecule has 0 heterocycles. The number of hydrogen-bond donors (Lipinski definition) is 0. The molecule has 0 saturated heterocycles. The number of hydrogen-bond acceptors (Lipinski definition) is 4. The van der Waals surface area contributed by atoms with Crippen LogP contribution in [0.15, 0.2) is 18.2 Å². The van der Waals surface area contributed by atoms with Crippen molar-refractivity contribution in [3.8, 4) is 0 Å². The largest absolute Gasteiger partial charge is 0.276 e. The van der Waals surface area contributed by atoms with E-state index in [4.69, 9.17) is 0 Å². The summed E-state index contributed by atoms with van der Waals surface area (Å²) in [7, 11) is 0. The van der Waals surface area contributed by atoms with Gasteiger partial charge in [0.25, 0.3) is 11.4 Å². The van der Waals surface area contributed by atoms with Gasteiger partial charge >= 0.3 is 0 Å². The maximum absolute atomic E-state index is 10.3. The molecule has 0 aliphatic heterocycles. The van der Waals surface area contributed by atoms with E-state index in [0.29, 0.717) is 5.56 Å². The summed E-state index contributed by atoms with van der Waals surface area (Å²) in [6.45, 7) is 1.57. The Labute approximate surface area is 73.1 Å². The van der Waals surface area contributed by atoms with Gasteiger partial charge in [0.15, 0.2) is 0 Å². The first-order valence-electron chi connectivity index (χ1n) is 3.41. The first kappa shape index (κ1) is 9.11. The van der Waals surface area contributed by atoms with Gasteiger partial charge in [0.2, 0.25) is 0 Å². The van der Waals surface area contributed by atoms with Crippen LogP contribution in [0.5, 0.6) is 0 Å². The van der Waals surface area contributed by atoms with Gasteiger partial charge in [-0.15, -0.1) is 0 Å². The summed E-state index contributed by atoms with van der Waals surface area (Å²) in [5, 5.41) is 20.6. The molecule has 1 aromatic carbocycles. The summed E-state index contributed by atoms with van der Waals surface area (Å²) < 4.78 is 0. The number of rotatable bonds is 2. The zero-order valence-corrected chi connectivity index (χ0v) is 6.76. The van der Waals surface area contributed by atoms with Crippen molar-refractivity contribution in [2.75, 3.05) is 0 Å². The lowest BCUT2D eigenvalue weighted by atomic mass is 10.2. The molecular formula is C7H6N2O4. The molecule has 0 bridgehead atoms. The maximum atomic E-state index is 10.3. The lowest BCUT2D eigenvalue weighted by Gasteiger charge is -1.94. The highest BCUT2D eigenvalue weighted by atomic mass is 16.6. The highest BCUT2D eigenvalue weighted by molar-refractivity contribution is 5.46. The molecule has 68 valence electrons. The van der Waals surface area contributed by atoms with Gasteiger partial charge in [0, 0.05) is 12.1 Å². The van der Waals surface area contributed by atoms with Gasteiger partial charge in [0.05, 0.1) is 15.9 Å². The fourth-order valence-corrected chi connectivity index (χ4v) is 0.954. The molecule has 0 aliphatic carbocycles. The van der Waals surface area contributed by atoms with E-state index < -0.39 is 9.85 Å². The SMILES string of the molecule is Cc1cc([N+](=O)[O-])cc([N+](=O)[O-])c1.